The number of alkyl halides is 1. The van der Waals surface area contributed by atoms with Crippen LogP contribution in [0.5, 0.6) is 5.75 Å². The number of rotatable bonds is 2. The zero-order valence-corrected chi connectivity index (χ0v) is 17.4. The van der Waals surface area contributed by atoms with Crippen LogP contribution in [-0.2, 0) is 6.42 Å². The Labute approximate surface area is 176 Å². The topological polar surface area (TPSA) is 40.5 Å². The number of hydrogen-bond acceptors (Lipinski definition) is 3. The van der Waals surface area contributed by atoms with Gasteiger partial charge in [-0.05, 0) is 76.6 Å². The molecule has 0 saturated heterocycles. The molecule has 2 aromatic carbocycles. The van der Waals surface area contributed by atoms with Gasteiger partial charge in [0.05, 0.1) is 6.10 Å². The molecule has 0 aliphatic heterocycles. The molecule has 8 atom stereocenters. The van der Waals surface area contributed by atoms with Crippen molar-refractivity contribution in [2.24, 2.45) is 23.2 Å². The van der Waals surface area contributed by atoms with Gasteiger partial charge in [-0.2, -0.15) is 0 Å². The lowest BCUT2D eigenvalue weighted by atomic mass is 9.50. The third-order valence-corrected chi connectivity index (χ3v) is 8.31. The molecule has 0 aromatic heterocycles. The summed E-state index contributed by atoms with van der Waals surface area (Å²) in [4.78, 5) is 0. The molecule has 0 unspecified atom stereocenters. The van der Waals surface area contributed by atoms with Gasteiger partial charge in [0, 0.05) is 11.8 Å². The van der Waals surface area contributed by atoms with E-state index in [0.717, 1.165) is 17.5 Å². The van der Waals surface area contributed by atoms with Crippen LogP contribution in [0.15, 0.2) is 48.5 Å². The van der Waals surface area contributed by atoms with Crippen LogP contribution in [0, 0.1) is 23.2 Å². The van der Waals surface area contributed by atoms with E-state index in [0.29, 0.717) is 12.8 Å². The molecule has 0 spiro atoms. The largest absolute Gasteiger partial charge is 0.508 e. The first kappa shape index (κ1) is 19.2. The number of aliphatic hydroxyl groups excluding tert-OH is 1. The first-order chi connectivity index (χ1) is 13.9. The monoisotopic (exact) mass is 410 g/mol. The molecule has 4 heteroatoms. The Balaban J connectivity index is 1.71. The molecule has 29 heavy (non-hydrogen) atoms. The number of benzene rings is 2. The standard InChI is InChI=1S/C25H27FO2S/c1-25-11-20(26)22-17-8-7-16(27)9-15(17)10-18(14-5-3-2-4-6-14)23(22)24(25)19(13-29)21(28)12-25/h2-9,13,18-24,27-28H,10-12H2,1H3/t18-,19-,20-,21-,22-,23+,24-,25+/m0/s1. The number of hydrogen-bond donors (Lipinski definition) is 2. The second-order valence-electron chi connectivity index (χ2n) is 9.59. The van der Waals surface area contributed by atoms with Crippen molar-refractivity contribution in [1.29, 1.82) is 0 Å². The molecular weight excluding hydrogens is 383 g/mol. The van der Waals surface area contributed by atoms with Crippen molar-refractivity contribution in [1.82, 2.24) is 0 Å². The summed E-state index contributed by atoms with van der Waals surface area (Å²) in [5, 5.41) is 22.6. The Morgan fingerprint density at radius 2 is 1.90 bits per heavy atom. The fraction of sp³-hybridized carbons (Fsp3) is 0.480. The van der Waals surface area contributed by atoms with Crippen LogP contribution in [-0.4, -0.2) is 27.9 Å². The minimum absolute atomic E-state index is 0.0737. The average Bonchev–Trinajstić information content (AvgIpc) is 2.96. The van der Waals surface area contributed by atoms with Crippen LogP contribution in [0.3, 0.4) is 0 Å². The van der Waals surface area contributed by atoms with Crippen molar-refractivity contribution in [3.05, 3.63) is 65.2 Å². The van der Waals surface area contributed by atoms with Crippen molar-refractivity contribution in [2.75, 3.05) is 0 Å². The summed E-state index contributed by atoms with van der Waals surface area (Å²) in [6, 6.07) is 15.7. The highest BCUT2D eigenvalue weighted by Crippen LogP contribution is 2.65. The molecule has 2 nitrogen and oxygen atoms in total. The van der Waals surface area contributed by atoms with E-state index in [-0.39, 0.29) is 40.8 Å². The molecule has 2 aromatic rings. The SMILES string of the molecule is C[C@@]12C[C@H](O)[C@H](C=S)[C@H]1[C@H]1[C@@H](c3ccc(O)cc3C[C@H]1c1ccccc1)[C@@H](F)C2. The number of aliphatic hydroxyl groups is 1. The van der Waals surface area contributed by atoms with Crippen molar-refractivity contribution in [3.63, 3.8) is 0 Å². The van der Waals surface area contributed by atoms with E-state index < -0.39 is 12.3 Å². The van der Waals surface area contributed by atoms with Crippen LogP contribution in [0.1, 0.15) is 48.3 Å². The molecule has 2 fully saturated rings. The zero-order valence-electron chi connectivity index (χ0n) is 16.5. The smallest absolute Gasteiger partial charge is 0.115 e. The van der Waals surface area contributed by atoms with E-state index in [1.54, 1.807) is 11.4 Å². The quantitative estimate of drug-likeness (QED) is 0.671. The number of thiocarbonyl (C=S) groups is 1. The molecule has 0 radical (unpaired) electrons. The highest BCUT2D eigenvalue weighted by atomic mass is 32.1. The predicted octanol–water partition coefficient (Wildman–Crippen LogP) is 5.18. The third-order valence-electron chi connectivity index (χ3n) is 7.99. The van der Waals surface area contributed by atoms with E-state index in [1.807, 2.05) is 30.3 Å². The maximum absolute atomic E-state index is 15.8. The van der Waals surface area contributed by atoms with Gasteiger partial charge in [-0.3, -0.25) is 0 Å². The predicted molar refractivity (Wildman–Crippen MR) is 116 cm³/mol. The van der Waals surface area contributed by atoms with Crippen molar-refractivity contribution < 1.29 is 14.6 Å². The summed E-state index contributed by atoms with van der Waals surface area (Å²) in [5.41, 5.74) is 3.03. The fourth-order valence-corrected chi connectivity index (χ4v) is 7.37. The number of aromatic hydroxyl groups is 1. The van der Waals surface area contributed by atoms with E-state index >= 15 is 4.39 Å². The van der Waals surface area contributed by atoms with Crippen LogP contribution < -0.4 is 0 Å². The molecule has 5 rings (SSSR count). The normalized spacial score (nSPS) is 40.6. The van der Waals surface area contributed by atoms with Crippen molar-refractivity contribution in [3.8, 4) is 5.75 Å². The summed E-state index contributed by atoms with van der Waals surface area (Å²) >= 11 is 5.37. The first-order valence-corrected chi connectivity index (χ1v) is 11.0. The summed E-state index contributed by atoms with van der Waals surface area (Å²) in [6.07, 6.45) is 0.382. The fourth-order valence-electron chi connectivity index (χ4n) is 7.02. The molecule has 0 amide bonds. The lowest BCUT2D eigenvalue weighted by molar-refractivity contribution is -0.0155. The second kappa shape index (κ2) is 6.88. The number of halogens is 1. The summed E-state index contributed by atoms with van der Waals surface area (Å²) in [6.45, 7) is 2.15. The molecule has 3 aliphatic carbocycles. The highest BCUT2D eigenvalue weighted by Gasteiger charge is 2.62. The van der Waals surface area contributed by atoms with Gasteiger partial charge in [0.25, 0.3) is 0 Å². The molecule has 2 saturated carbocycles. The van der Waals surface area contributed by atoms with Gasteiger partial charge in [0.2, 0.25) is 0 Å². The maximum atomic E-state index is 15.8. The summed E-state index contributed by atoms with van der Waals surface area (Å²) < 4.78 is 15.8. The van der Waals surface area contributed by atoms with Crippen LogP contribution >= 0.6 is 12.2 Å². The highest BCUT2D eigenvalue weighted by molar-refractivity contribution is 7.79. The maximum Gasteiger partial charge on any atom is 0.115 e. The van der Waals surface area contributed by atoms with Gasteiger partial charge in [-0.1, -0.05) is 55.5 Å². The number of fused-ring (bicyclic) bond motifs is 5. The van der Waals surface area contributed by atoms with Crippen LogP contribution in [0.4, 0.5) is 4.39 Å². The molecule has 2 N–H and O–H groups in total. The van der Waals surface area contributed by atoms with Crippen LogP contribution in [0.25, 0.3) is 0 Å². The summed E-state index contributed by atoms with van der Waals surface area (Å²) in [5.74, 6) is 0.285. The van der Waals surface area contributed by atoms with Gasteiger partial charge >= 0.3 is 0 Å². The Kier molecular flexibility index (Phi) is 4.56. The Morgan fingerprint density at radius 3 is 2.62 bits per heavy atom. The van der Waals surface area contributed by atoms with Gasteiger partial charge in [-0.25, -0.2) is 4.39 Å². The minimum atomic E-state index is -0.966. The lowest BCUT2D eigenvalue weighted by Gasteiger charge is -2.54. The minimum Gasteiger partial charge on any atom is -0.508 e. The Hall–Kier alpha value is -1.78. The first-order valence-electron chi connectivity index (χ1n) is 10.6. The molecule has 152 valence electrons. The summed E-state index contributed by atoms with van der Waals surface area (Å²) in [7, 11) is 0. The average molecular weight is 411 g/mol. The zero-order chi connectivity index (χ0) is 20.3. The van der Waals surface area contributed by atoms with E-state index in [9.17, 15) is 10.2 Å². The van der Waals surface area contributed by atoms with Gasteiger partial charge in [-0.15, -0.1) is 0 Å². The number of phenols is 1. The van der Waals surface area contributed by atoms with E-state index in [4.69, 9.17) is 12.2 Å². The Morgan fingerprint density at radius 1 is 1.14 bits per heavy atom. The second-order valence-corrected chi connectivity index (χ2v) is 9.86. The van der Waals surface area contributed by atoms with Crippen LogP contribution in [0.2, 0.25) is 0 Å². The van der Waals surface area contributed by atoms with Crippen molar-refractivity contribution in [2.45, 2.75) is 50.3 Å². The Bertz CT molecular complexity index is 932. The van der Waals surface area contributed by atoms with Gasteiger partial charge < -0.3 is 10.2 Å². The lowest BCUT2D eigenvalue weighted by Crippen LogP contribution is -2.50. The third kappa shape index (κ3) is 2.87. The van der Waals surface area contributed by atoms with Crippen molar-refractivity contribution >= 4 is 17.6 Å². The molecule has 3 aliphatic rings. The molecular formula is C25H27FO2S. The van der Waals surface area contributed by atoms with Gasteiger partial charge in [0.15, 0.2) is 0 Å². The van der Waals surface area contributed by atoms with E-state index in [1.165, 1.54) is 5.56 Å². The molecule has 0 bridgehead atoms. The number of phenolic OH excluding ortho intramolecular Hbond substituents is 1. The van der Waals surface area contributed by atoms with E-state index in [2.05, 4.69) is 19.1 Å². The molecule has 0 heterocycles. The van der Waals surface area contributed by atoms with Gasteiger partial charge in [0.1, 0.15) is 11.9 Å².